The number of hydrogen-bond acceptors (Lipinski definition) is 4. The summed E-state index contributed by atoms with van der Waals surface area (Å²) in [6.45, 7) is 2.41. The lowest BCUT2D eigenvalue weighted by Gasteiger charge is -2.37. The molecule has 1 amide bonds. The summed E-state index contributed by atoms with van der Waals surface area (Å²) >= 11 is 0. The number of benzene rings is 2. The third-order valence-electron chi connectivity index (χ3n) is 7.05. The number of β-amino-alcohol motifs (C(OH)–C–C–N with tert-alkyl or cyclic N) is 1. The molecule has 4 rings (SSSR count). The van der Waals surface area contributed by atoms with Crippen LogP contribution in [0, 0.1) is 23.4 Å². The Morgan fingerprint density at radius 3 is 2.51 bits per heavy atom. The largest absolute Gasteiger partial charge is 0.497 e. The Hall–Kier alpha value is -2.84. The second-order valence-electron chi connectivity index (χ2n) is 9.51. The van der Waals surface area contributed by atoms with Gasteiger partial charge in [-0.15, -0.1) is 0 Å². The molecular weight excluding hydrogens is 457 g/mol. The summed E-state index contributed by atoms with van der Waals surface area (Å²) in [5, 5.41) is 13.7. The molecule has 5 nitrogen and oxygen atoms in total. The summed E-state index contributed by atoms with van der Waals surface area (Å²) in [6, 6.07) is 9.61. The van der Waals surface area contributed by atoms with Crippen LogP contribution in [-0.4, -0.2) is 54.8 Å². The number of hydrogen-bond donors (Lipinski definition) is 2. The van der Waals surface area contributed by atoms with Crippen LogP contribution in [0.2, 0.25) is 0 Å². The molecule has 1 saturated carbocycles. The molecule has 0 unspecified atom stereocenters. The minimum atomic E-state index is -1.53. The topological polar surface area (TPSA) is 61.8 Å². The molecule has 0 aromatic heterocycles. The normalized spacial score (nSPS) is 25.2. The zero-order chi connectivity index (χ0) is 24.9. The first-order valence-corrected chi connectivity index (χ1v) is 12.0. The molecule has 2 aromatic carbocycles. The Morgan fingerprint density at radius 2 is 1.86 bits per heavy atom. The van der Waals surface area contributed by atoms with E-state index >= 15 is 0 Å². The molecule has 4 atom stereocenters. The first-order valence-electron chi connectivity index (χ1n) is 12.0. The molecule has 1 aliphatic heterocycles. The van der Waals surface area contributed by atoms with Gasteiger partial charge in [0.05, 0.1) is 13.2 Å². The van der Waals surface area contributed by atoms with Crippen LogP contribution in [0.4, 0.5) is 13.2 Å². The predicted octanol–water partition coefficient (Wildman–Crippen LogP) is 4.26. The Morgan fingerprint density at radius 1 is 1.14 bits per heavy atom. The summed E-state index contributed by atoms with van der Waals surface area (Å²) in [5.74, 6) is -3.12. The van der Waals surface area contributed by atoms with E-state index < -0.39 is 23.6 Å². The molecule has 2 aromatic rings. The highest BCUT2D eigenvalue weighted by Gasteiger charge is 2.32. The lowest BCUT2D eigenvalue weighted by atomic mass is 9.86. The zero-order valence-corrected chi connectivity index (χ0v) is 19.7. The van der Waals surface area contributed by atoms with Crippen LogP contribution in [0.1, 0.15) is 42.7 Å². The molecule has 0 radical (unpaired) electrons. The van der Waals surface area contributed by atoms with E-state index in [-0.39, 0.29) is 23.4 Å². The number of halogens is 3. The van der Waals surface area contributed by atoms with E-state index in [1.807, 2.05) is 24.3 Å². The van der Waals surface area contributed by atoms with Crippen LogP contribution in [0.25, 0.3) is 6.08 Å². The van der Waals surface area contributed by atoms with Gasteiger partial charge in [-0.25, -0.2) is 13.2 Å². The summed E-state index contributed by atoms with van der Waals surface area (Å²) in [7, 11) is 1.64. The minimum absolute atomic E-state index is 0.0283. The number of piperidine rings is 1. The molecule has 1 heterocycles. The lowest BCUT2D eigenvalue weighted by Crippen LogP contribution is -2.44. The highest BCUT2D eigenvalue weighted by atomic mass is 19.2. The summed E-state index contributed by atoms with van der Waals surface area (Å²) < 4.78 is 44.9. The monoisotopic (exact) mass is 488 g/mol. The highest BCUT2D eigenvalue weighted by molar-refractivity contribution is 5.91. The van der Waals surface area contributed by atoms with Crippen LogP contribution in [0.3, 0.4) is 0 Å². The molecule has 2 N–H and O–H groups in total. The Labute approximate surface area is 203 Å². The van der Waals surface area contributed by atoms with Gasteiger partial charge in [-0.05, 0) is 79.6 Å². The van der Waals surface area contributed by atoms with Crippen molar-refractivity contribution in [2.45, 2.75) is 43.7 Å². The van der Waals surface area contributed by atoms with Crippen LogP contribution >= 0.6 is 0 Å². The van der Waals surface area contributed by atoms with Gasteiger partial charge in [0.2, 0.25) is 5.91 Å². The average molecular weight is 489 g/mol. The fourth-order valence-electron chi connectivity index (χ4n) is 5.23. The molecule has 0 spiro atoms. The number of aliphatic hydroxyl groups is 1. The van der Waals surface area contributed by atoms with Gasteiger partial charge in [0.15, 0.2) is 17.5 Å². The van der Waals surface area contributed by atoms with Crippen LogP contribution in [0.5, 0.6) is 5.75 Å². The van der Waals surface area contributed by atoms with E-state index in [0.29, 0.717) is 12.5 Å². The smallest absolute Gasteiger partial charge is 0.244 e. The predicted molar refractivity (Wildman–Crippen MR) is 127 cm³/mol. The number of carbonyl (C=O) groups is 1. The van der Waals surface area contributed by atoms with E-state index in [0.717, 1.165) is 62.2 Å². The lowest BCUT2D eigenvalue weighted by molar-refractivity contribution is -0.117. The SMILES string of the molecule is COc1ccc([C@H]2CCN(C[C@@H]3CC[C@H](NC(=O)/C=C/c4cc(F)c(F)c(F)c4)C3)C[C@H]2O)cc1. The number of ether oxygens (including phenoxy) is 1. The Bertz CT molecular complexity index is 1040. The number of nitrogens with one attached hydrogen (secondary N) is 1. The van der Waals surface area contributed by atoms with Crippen molar-refractivity contribution in [2.75, 3.05) is 26.7 Å². The van der Waals surface area contributed by atoms with Crippen molar-refractivity contribution in [1.82, 2.24) is 10.2 Å². The van der Waals surface area contributed by atoms with Gasteiger partial charge in [0, 0.05) is 31.1 Å². The second kappa shape index (κ2) is 11.3. The number of nitrogens with zero attached hydrogens (tertiary/aromatic N) is 1. The number of aliphatic hydroxyl groups excluding tert-OH is 1. The standard InChI is InChI=1S/C27H31F3N2O3/c1-35-21-7-4-19(5-8-21)22-10-11-32(16-25(22)33)15-18-2-6-20(12-18)31-26(34)9-3-17-13-23(28)27(30)24(29)14-17/h3-5,7-9,13-14,18,20,22,25,33H,2,6,10-12,15-16H2,1H3,(H,31,34)/b9-3+/t18-,20+,22-,25-/m1/s1. The molecular formula is C27H31F3N2O3. The minimum Gasteiger partial charge on any atom is -0.497 e. The van der Waals surface area contributed by atoms with Gasteiger partial charge in [-0.3, -0.25) is 4.79 Å². The Kier molecular flexibility index (Phi) is 8.13. The van der Waals surface area contributed by atoms with E-state index in [1.54, 1.807) is 7.11 Å². The summed E-state index contributed by atoms with van der Waals surface area (Å²) in [5.41, 5.74) is 1.21. The van der Waals surface area contributed by atoms with Gasteiger partial charge in [0.25, 0.3) is 0 Å². The van der Waals surface area contributed by atoms with Gasteiger partial charge < -0.3 is 20.1 Å². The van der Waals surface area contributed by atoms with E-state index in [4.69, 9.17) is 4.74 Å². The molecule has 0 bridgehead atoms. The maximum absolute atomic E-state index is 13.3. The van der Waals surface area contributed by atoms with Gasteiger partial charge >= 0.3 is 0 Å². The van der Waals surface area contributed by atoms with Crippen molar-refractivity contribution in [1.29, 1.82) is 0 Å². The van der Waals surface area contributed by atoms with Crippen LogP contribution < -0.4 is 10.1 Å². The zero-order valence-electron chi connectivity index (χ0n) is 19.7. The number of methoxy groups -OCH3 is 1. The molecule has 188 valence electrons. The molecule has 1 saturated heterocycles. The van der Waals surface area contributed by atoms with Gasteiger partial charge in [-0.1, -0.05) is 12.1 Å². The van der Waals surface area contributed by atoms with Gasteiger partial charge in [-0.2, -0.15) is 0 Å². The fourth-order valence-corrected chi connectivity index (χ4v) is 5.23. The summed E-state index contributed by atoms with van der Waals surface area (Å²) in [6.07, 6.45) is 5.61. The van der Waals surface area contributed by atoms with Gasteiger partial charge in [0.1, 0.15) is 5.75 Å². The fraction of sp³-hybridized carbons (Fsp3) is 0.444. The highest BCUT2D eigenvalue weighted by Crippen LogP contribution is 2.32. The van der Waals surface area contributed by atoms with E-state index in [2.05, 4.69) is 10.2 Å². The van der Waals surface area contributed by atoms with Crippen molar-refractivity contribution in [2.24, 2.45) is 5.92 Å². The third-order valence-corrected chi connectivity index (χ3v) is 7.05. The number of carbonyl (C=O) groups excluding carboxylic acids is 1. The quantitative estimate of drug-likeness (QED) is 0.452. The van der Waals surface area contributed by atoms with Crippen molar-refractivity contribution < 1.29 is 27.8 Å². The first kappa shape index (κ1) is 25.3. The maximum Gasteiger partial charge on any atom is 0.244 e. The first-order chi connectivity index (χ1) is 16.8. The number of likely N-dealkylation sites (tertiary alicyclic amines) is 1. The van der Waals surface area contributed by atoms with Crippen molar-refractivity contribution in [3.63, 3.8) is 0 Å². The summed E-state index contributed by atoms with van der Waals surface area (Å²) in [4.78, 5) is 14.6. The van der Waals surface area contributed by atoms with Crippen molar-refractivity contribution in [3.8, 4) is 5.75 Å². The average Bonchev–Trinajstić information content (AvgIpc) is 3.27. The van der Waals surface area contributed by atoms with E-state index in [1.165, 1.54) is 12.2 Å². The molecule has 8 heteroatoms. The molecule has 1 aliphatic carbocycles. The Balaban J connectivity index is 1.22. The van der Waals surface area contributed by atoms with Crippen molar-refractivity contribution in [3.05, 3.63) is 71.1 Å². The second-order valence-corrected chi connectivity index (χ2v) is 9.51. The van der Waals surface area contributed by atoms with E-state index in [9.17, 15) is 23.1 Å². The molecule has 35 heavy (non-hydrogen) atoms. The van der Waals surface area contributed by atoms with Crippen LogP contribution in [0.15, 0.2) is 42.5 Å². The third kappa shape index (κ3) is 6.44. The molecule has 2 aliphatic rings. The van der Waals surface area contributed by atoms with Crippen molar-refractivity contribution >= 4 is 12.0 Å². The number of amides is 1. The maximum atomic E-state index is 13.3. The molecule has 2 fully saturated rings. The number of rotatable bonds is 7. The van der Waals surface area contributed by atoms with Crippen LogP contribution in [-0.2, 0) is 4.79 Å².